The minimum absolute atomic E-state index is 0.0163. The lowest BCUT2D eigenvalue weighted by Gasteiger charge is -2.34. The highest BCUT2D eigenvalue weighted by Gasteiger charge is 2.60. The Balaban J connectivity index is 1.95. The van der Waals surface area contributed by atoms with E-state index in [0.29, 0.717) is 18.4 Å². The SMILES string of the molecule is CS(=O)(=O)C1(C(=O)N2Cc3ccccc3C(C(=O)O)C2)CC1. The number of aliphatic carboxylic acids is 1. The molecule has 7 heteroatoms. The van der Waals surface area contributed by atoms with E-state index in [9.17, 15) is 23.1 Å². The third-order valence-electron chi connectivity index (χ3n) is 4.58. The Morgan fingerprint density at radius 2 is 1.91 bits per heavy atom. The van der Waals surface area contributed by atoms with Crippen molar-refractivity contribution in [2.24, 2.45) is 0 Å². The van der Waals surface area contributed by atoms with Crippen LogP contribution in [0, 0.1) is 0 Å². The Bertz CT molecular complexity index is 751. The maximum Gasteiger partial charge on any atom is 0.312 e. The molecule has 2 aliphatic rings. The van der Waals surface area contributed by atoms with Crippen molar-refractivity contribution in [1.29, 1.82) is 0 Å². The third kappa shape index (κ3) is 2.20. The number of hydrogen-bond acceptors (Lipinski definition) is 4. The lowest BCUT2D eigenvalue weighted by molar-refractivity contribution is -0.141. The summed E-state index contributed by atoms with van der Waals surface area (Å²) in [7, 11) is -3.49. The Morgan fingerprint density at radius 3 is 2.45 bits per heavy atom. The summed E-state index contributed by atoms with van der Waals surface area (Å²) >= 11 is 0. The van der Waals surface area contributed by atoms with Gasteiger partial charge in [0, 0.05) is 19.3 Å². The Hall–Kier alpha value is -1.89. The molecule has 0 bridgehead atoms. The number of carbonyl (C=O) groups excluding carboxylic acids is 1. The monoisotopic (exact) mass is 323 g/mol. The van der Waals surface area contributed by atoms with E-state index in [1.807, 2.05) is 0 Å². The molecule has 1 amide bonds. The third-order valence-corrected chi connectivity index (χ3v) is 6.59. The van der Waals surface area contributed by atoms with Crippen LogP contribution >= 0.6 is 0 Å². The number of nitrogens with zero attached hydrogens (tertiary/aromatic N) is 1. The lowest BCUT2D eigenvalue weighted by Crippen LogP contribution is -2.48. The Morgan fingerprint density at radius 1 is 1.27 bits per heavy atom. The number of carbonyl (C=O) groups is 2. The fraction of sp³-hybridized carbons (Fsp3) is 0.467. The first-order valence-electron chi connectivity index (χ1n) is 7.06. The summed E-state index contributed by atoms with van der Waals surface area (Å²) in [6.07, 6.45) is 1.71. The predicted molar refractivity (Wildman–Crippen MR) is 79.0 cm³/mol. The highest BCUT2D eigenvalue weighted by Crippen LogP contribution is 2.45. The molecule has 118 valence electrons. The van der Waals surface area contributed by atoms with Crippen molar-refractivity contribution >= 4 is 21.7 Å². The summed E-state index contributed by atoms with van der Waals surface area (Å²) in [4.78, 5) is 25.5. The van der Waals surface area contributed by atoms with Gasteiger partial charge in [-0.2, -0.15) is 0 Å². The molecule has 0 aromatic heterocycles. The van der Waals surface area contributed by atoms with Crippen LogP contribution in [0.2, 0.25) is 0 Å². The van der Waals surface area contributed by atoms with Crippen LogP contribution in [0.5, 0.6) is 0 Å². The molecule has 1 heterocycles. The summed E-state index contributed by atoms with van der Waals surface area (Å²) in [5.74, 6) is -2.28. The van der Waals surface area contributed by atoms with Crippen LogP contribution in [0.3, 0.4) is 0 Å². The summed E-state index contributed by atoms with van der Waals surface area (Å²) in [5.41, 5.74) is 1.46. The van der Waals surface area contributed by atoms with Gasteiger partial charge in [-0.1, -0.05) is 24.3 Å². The number of amides is 1. The van der Waals surface area contributed by atoms with Crippen molar-refractivity contribution < 1.29 is 23.1 Å². The number of sulfone groups is 1. The second-order valence-corrected chi connectivity index (χ2v) is 8.37. The van der Waals surface area contributed by atoms with E-state index < -0.39 is 32.4 Å². The summed E-state index contributed by atoms with van der Waals surface area (Å²) < 4.78 is 22.5. The van der Waals surface area contributed by atoms with E-state index in [2.05, 4.69) is 0 Å². The molecule has 1 N–H and O–H groups in total. The quantitative estimate of drug-likeness (QED) is 0.887. The first-order valence-corrected chi connectivity index (χ1v) is 8.95. The smallest absolute Gasteiger partial charge is 0.312 e. The molecule has 6 nitrogen and oxygen atoms in total. The van der Waals surface area contributed by atoms with Crippen LogP contribution in [0.25, 0.3) is 0 Å². The van der Waals surface area contributed by atoms with Gasteiger partial charge in [0.2, 0.25) is 5.91 Å². The van der Waals surface area contributed by atoms with Gasteiger partial charge in [0.15, 0.2) is 14.6 Å². The van der Waals surface area contributed by atoms with E-state index in [4.69, 9.17) is 0 Å². The molecule has 1 atom stereocenters. The molecule has 0 spiro atoms. The number of carboxylic acid groups (broad SMARTS) is 1. The highest BCUT2D eigenvalue weighted by atomic mass is 32.2. The van der Waals surface area contributed by atoms with E-state index in [0.717, 1.165) is 11.8 Å². The molecule has 1 aromatic carbocycles. The van der Waals surface area contributed by atoms with Crippen LogP contribution in [0.15, 0.2) is 24.3 Å². The molecule has 22 heavy (non-hydrogen) atoms. The standard InChI is InChI=1S/C15H17NO5S/c1-22(20,21)15(6-7-15)14(19)16-8-10-4-2-3-5-11(10)12(9-16)13(17)18/h2-5,12H,6-9H2,1H3,(H,17,18). The van der Waals surface area contributed by atoms with Crippen molar-refractivity contribution in [3.8, 4) is 0 Å². The first kappa shape index (κ1) is 15.0. The maximum atomic E-state index is 12.7. The fourth-order valence-electron chi connectivity index (χ4n) is 3.12. The van der Waals surface area contributed by atoms with Crippen LogP contribution in [-0.2, 0) is 26.0 Å². The fourth-order valence-corrected chi connectivity index (χ4v) is 4.41. The number of rotatable bonds is 3. The van der Waals surface area contributed by atoms with Gasteiger partial charge in [0.1, 0.15) is 0 Å². The zero-order chi connectivity index (χ0) is 16.1. The predicted octanol–water partition coefficient (Wildman–Crippen LogP) is 0.774. The molecule has 1 aliphatic carbocycles. The first-order chi connectivity index (χ1) is 10.3. The summed E-state index contributed by atoms with van der Waals surface area (Å²) in [6.45, 7) is 0.276. The largest absolute Gasteiger partial charge is 0.481 e. The van der Waals surface area contributed by atoms with Gasteiger partial charge in [0.25, 0.3) is 0 Å². The van der Waals surface area contributed by atoms with Crippen molar-refractivity contribution in [2.45, 2.75) is 30.1 Å². The van der Waals surface area contributed by atoms with E-state index in [1.54, 1.807) is 24.3 Å². The second kappa shape index (κ2) is 4.81. The maximum absolute atomic E-state index is 12.7. The molecular weight excluding hydrogens is 306 g/mol. The van der Waals surface area contributed by atoms with Crippen molar-refractivity contribution in [2.75, 3.05) is 12.8 Å². The summed E-state index contributed by atoms with van der Waals surface area (Å²) in [6, 6.07) is 7.09. The molecule has 1 aromatic rings. The molecular formula is C15H17NO5S. The van der Waals surface area contributed by atoms with Gasteiger partial charge in [-0.25, -0.2) is 8.42 Å². The van der Waals surface area contributed by atoms with Crippen molar-refractivity contribution in [1.82, 2.24) is 4.90 Å². The second-order valence-electron chi connectivity index (χ2n) is 6.04. The zero-order valence-corrected chi connectivity index (χ0v) is 13.0. The van der Waals surface area contributed by atoms with Gasteiger partial charge >= 0.3 is 5.97 Å². The van der Waals surface area contributed by atoms with Crippen LogP contribution < -0.4 is 0 Å². The molecule has 1 saturated carbocycles. The van der Waals surface area contributed by atoms with E-state index in [-0.39, 0.29) is 13.1 Å². The highest BCUT2D eigenvalue weighted by molar-refractivity contribution is 7.93. The topological polar surface area (TPSA) is 91.8 Å². The molecule has 3 rings (SSSR count). The minimum atomic E-state index is -3.49. The van der Waals surface area contributed by atoms with Crippen LogP contribution in [-0.4, -0.2) is 47.8 Å². The van der Waals surface area contributed by atoms with Gasteiger partial charge in [-0.05, 0) is 24.0 Å². The van der Waals surface area contributed by atoms with Gasteiger partial charge < -0.3 is 10.0 Å². The number of hydrogen-bond donors (Lipinski definition) is 1. The minimum Gasteiger partial charge on any atom is -0.481 e. The zero-order valence-electron chi connectivity index (χ0n) is 12.2. The average molecular weight is 323 g/mol. The van der Waals surface area contributed by atoms with E-state index in [1.165, 1.54) is 4.90 Å². The molecule has 0 radical (unpaired) electrons. The van der Waals surface area contributed by atoms with Gasteiger partial charge in [-0.15, -0.1) is 0 Å². The average Bonchev–Trinajstić information content (AvgIpc) is 3.26. The van der Waals surface area contributed by atoms with Gasteiger partial charge in [-0.3, -0.25) is 9.59 Å². The Labute approximate surface area is 128 Å². The lowest BCUT2D eigenvalue weighted by atomic mass is 9.89. The molecule has 1 unspecified atom stereocenters. The number of carboxylic acids is 1. The summed E-state index contributed by atoms with van der Waals surface area (Å²) in [5, 5.41) is 9.41. The normalized spacial score (nSPS) is 22.8. The number of fused-ring (bicyclic) bond motifs is 1. The molecule has 1 fully saturated rings. The molecule has 1 aliphatic heterocycles. The number of benzene rings is 1. The van der Waals surface area contributed by atoms with Crippen LogP contribution in [0.1, 0.15) is 29.9 Å². The van der Waals surface area contributed by atoms with Crippen LogP contribution in [0.4, 0.5) is 0 Å². The van der Waals surface area contributed by atoms with Crippen molar-refractivity contribution in [3.05, 3.63) is 35.4 Å². The van der Waals surface area contributed by atoms with Crippen molar-refractivity contribution in [3.63, 3.8) is 0 Å². The van der Waals surface area contributed by atoms with Gasteiger partial charge in [0.05, 0.1) is 5.92 Å². The Kier molecular flexibility index (Phi) is 3.28. The molecule has 0 saturated heterocycles. The van der Waals surface area contributed by atoms with E-state index >= 15 is 0 Å².